The van der Waals surface area contributed by atoms with Gasteiger partial charge in [-0.25, -0.2) is 0 Å². The molecule has 0 saturated carbocycles. The minimum Gasteiger partial charge on any atom is -0.315 e. The Morgan fingerprint density at radius 1 is 1.53 bits per heavy atom. The third-order valence-electron chi connectivity index (χ3n) is 3.16. The molecule has 1 unspecified atom stereocenters. The Morgan fingerprint density at radius 2 is 2.40 bits per heavy atom. The van der Waals surface area contributed by atoms with Crippen LogP contribution in [-0.4, -0.2) is 43.1 Å². The zero-order chi connectivity index (χ0) is 10.7. The molecule has 1 aromatic rings. The van der Waals surface area contributed by atoms with Gasteiger partial charge < -0.3 is 10.2 Å². The lowest BCUT2D eigenvalue weighted by Crippen LogP contribution is -2.39. The summed E-state index contributed by atoms with van der Waals surface area (Å²) in [5.74, 6) is 0. The largest absolute Gasteiger partial charge is 0.315 e. The van der Waals surface area contributed by atoms with Crippen molar-refractivity contribution in [3.8, 4) is 0 Å². The van der Waals surface area contributed by atoms with Gasteiger partial charge >= 0.3 is 0 Å². The summed E-state index contributed by atoms with van der Waals surface area (Å²) in [5, 5.41) is 3.50. The minimum atomic E-state index is 0.180. The molecule has 2 rings (SSSR count). The van der Waals surface area contributed by atoms with E-state index in [0.717, 1.165) is 26.2 Å². The molecule has 3 heteroatoms. The molecular formula is C12H19N3. The van der Waals surface area contributed by atoms with Crippen LogP contribution in [0.4, 0.5) is 0 Å². The summed E-state index contributed by atoms with van der Waals surface area (Å²) in [5.41, 5.74) is 1.51. The summed E-state index contributed by atoms with van der Waals surface area (Å²) in [6.07, 6.45) is 3.82. The molecule has 1 saturated heterocycles. The molecule has 1 aliphatic heterocycles. The first kappa shape index (κ1) is 10.6. The number of hydrogen-bond acceptors (Lipinski definition) is 3. The Balaban J connectivity index is 2.24. The maximum Gasteiger partial charge on any atom is 0.0306 e. The summed E-state index contributed by atoms with van der Waals surface area (Å²) in [7, 11) is 2.18. The number of nitrogens with one attached hydrogen (secondary N) is 1. The summed E-state index contributed by atoms with van der Waals surface area (Å²) < 4.78 is 0. The average Bonchev–Trinajstić information content (AvgIpc) is 2.42. The Bertz CT molecular complexity index is 312. The van der Waals surface area contributed by atoms with E-state index in [4.69, 9.17) is 0 Å². The molecular weight excluding hydrogens is 186 g/mol. The molecule has 1 atom stereocenters. The highest BCUT2D eigenvalue weighted by Crippen LogP contribution is 2.24. The maximum atomic E-state index is 4.21. The predicted octanol–water partition coefficient (Wildman–Crippen LogP) is 0.874. The van der Waals surface area contributed by atoms with E-state index >= 15 is 0 Å². The highest BCUT2D eigenvalue weighted by Gasteiger charge is 2.29. The van der Waals surface area contributed by atoms with Crippen molar-refractivity contribution in [2.45, 2.75) is 12.3 Å². The van der Waals surface area contributed by atoms with Gasteiger partial charge in [0.2, 0.25) is 0 Å². The van der Waals surface area contributed by atoms with Crippen LogP contribution in [0.25, 0.3) is 0 Å². The zero-order valence-electron chi connectivity index (χ0n) is 9.53. The predicted molar refractivity (Wildman–Crippen MR) is 62.0 cm³/mol. The zero-order valence-corrected chi connectivity index (χ0v) is 9.53. The first-order chi connectivity index (χ1) is 7.21. The molecule has 0 amide bonds. The van der Waals surface area contributed by atoms with E-state index in [-0.39, 0.29) is 5.41 Å². The molecule has 1 aliphatic rings. The number of pyridine rings is 1. The molecule has 2 heterocycles. The fourth-order valence-electron chi connectivity index (χ4n) is 2.28. The maximum absolute atomic E-state index is 4.21. The van der Waals surface area contributed by atoms with Crippen molar-refractivity contribution in [2.24, 2.45) is 0 Å². The van der Waals surface area contributed by atoms with Gasteiger partial charge in [0.15, 0.2) is 0 Å². The molecule has 0 radical (unpaired) electrons. The fraction of sp³-hybridized carbons (Fsp3) is 0.583. The smallest absolute Gasteiger partial charge is 0.0306 e. The van der Waals surface area contributed by atoms with Crippen molar-refractivity contribution in [1.29, 1.82) is 0 Å². The molecule has 0 aliphatic carbocycles. The van der Waals surface area contributed by atoms with E-state index < -0.39 is 0 Å². The molecule has 0 bridgehead atoms. The van der Waals surface area contributed by atoms with E-state index in [1.807, 2.05) is 18.5 Å². The summed E-state index contributed by atoms with van der Waals surface area (Å²) >= 11 is 0. The van der Waals surface area contributed by atoms with E-state index in [1.54, 1.807) is 0 Å². The van der Waals surface area contributed by atoms with Gasteiger partial charge in [-0.15, -0.1) is 0 Å². The number of hydrogen-bond donors (Lipinski definition) is 1. The van der Waals surface area contributed by atoms with Crippen molar-refractivity contribution >= 4 is 0 Å². The van der Waals surface area contributed by atoms with Crippen molar-refractivity contribution < 1.29 is 0 Å². The van der Waals surface area contributed by atoms with E-state index in [9.17, 15) is 0 Å². The molecule has 1 N–H and O–H groups in total. The minimum absolute atomic E-state index is 0.180. The number of rotatable bonds is 1. The lowest BCUT2D eigenvalue weighted by molar-refractivity contribution is 0.289. The van der Waals surface area contributed by atoms with E-state index in [0.29, 0.717) is 0 Å². The topological polar surface area (TPSA) is 28.2 Å². The summed E-state index contributed by atoms with van der Waals surface area (Å²) in [4.78, 5) is 6.60. The van der Waals surface area contributed by atoms with Crippen molar-refractivity contribution in [3.63, 3.8) is 0 Å². The molecule has 1 fully saturated rings. The fourth-order valence-corrected chi connectivity index (χ4v) is 2.28. The molecule has 3 nitrogen and oxygen atoms in total. The van der Waals surface area contributed by atoms with Crippen LogP contribution in [0.2, 0.25) is 0 Å². The lowest BCUT2D eigenvalue weighted by Gasteiger charge is -2.31. The molecule has 0 aromatic carbocycles. The Labute approximate surface area is 91.5 Å². The van der Waals surface area contributed by atoms with Gasteiger partial charge in [-0.05, 0) is 18.7 Å². The lowest BCUT2D eigenvalue weighted by atomic mass is 9.83. The average molecular weight is 205 g/mol. The van der Waals surface area contributed by atoms with E-state index in [1.165, 1.54) is 5.56 Å². The highest BCUT2D eigenvalue weighted by molar-refractivity contribution is 5.22. The second-order valence-corrected chi connectivity index (χ2v) is 4.72. The van der Waals surface area contributed by atoms with Crippen LogP contribution in [0.3, 0.4) is 0 Å². The summed E-state index contributed by atoms with van der Waals surface area (Å²) in [6.45, 7) is 6.62. The van der Waals surface area contributed by atoms with Gasteiger partial charge in [0.05, 0.1) is 0 Å². The second-order valence-electron chi connectivity index (χ2n) is 4.72. The van der Waals surface area contributed by atoms with Crippen LogP contribution in [0.15, 0.2) is 24.5 Å². The second kappa shape index (κ2) is 4.29. The molecule has 0 spiro atoms. The van der Waals surface area contributed by atoms with Gasteiger partial charge in [0.25, 0.3) is 0 Å². The van der Waals surface area contributed by atoms with Crippen LogP contribution < -0.4 is 5.32 Å². The molecule has 15 heavy (non-hydrogen) atoms. The van der Waals surface area contributed by atoms with Gasteiger partial charge in [0.1, 0.15) is 0 Å². The van der Waals surface area contributed by atoms with Crippen LogP contribution in [-0.2, 0) is 5.41 Å². The van der Waals surface area contributed by atoms with Gasteiger partial charge in [-0.3, -0.25) is 4.98 Å². The quantitative estimate of drug-likeness (QED) is 0.737. The van der Waals surface area contributed by atoms with Crippen molar-refractivity contribution in [1.82, 2.24) is 15.2 Å². The van der Waals surface area contributed by atoms with Crippen LogP contribution in [0.1, 0.15) is 12.5 Å². The normalized spacial score (nSPS) is 28.7. The Kier molecular flexibility index (Phi) is 3.03. The monoisotopic (exact) mass is 205 g/mol. The summed E-state index contributed by atoms with van der Waals surface area (Å²) in [6, 6.07) is 4.19. The number of aromatic nitrogens is 1. The Morgan fingerprint density at radius 3 is 3.13 bits per heavy atom. The third kappa shape index (κ3) is 2.36. The van der Waals surface area contributed by atoms with E-state index in [2.05, 4.69) is 35.2 Å². The van der Waals surface area contributed by atoms with Crippen LogP contribution in [0.5, 0.6) is 0 Å². The van der Waals surface area contributed by atoms with Crippen LogP contribution >= 0.6 is 0 Å². The van der Waals surface area contributed by atoms with Crippen molar-refractivity contribution in [3.05, 3.63) is 30.1 Å². The molecule has 82 valence electrons. The number of likely N-dealkylation sites (N-methyl/N-ethyl adjacent to an activating group) is 1. The van der Waals surface area contributed by atoms with Gasteiger partial charge in [-0.2, -0.15) is 0 Å². The SMILES string of the molecule is CN1CCNCC(C)(c2cccnc2)C1. The van der Waals surface area contributed by atoms with Gasteiger partial charge in [-0.1, -0.05) is 13.0 Å². The van der Waals surface area contributed by atoms with Crippen LogP contribution in [0, 0.1) is 0 Å². The number of nitrogens with zero attached hydrogens (tertiary/aromatic N) is 2. The third-order valence-corrected chi connectivity index (χ3v) is 3.16. The van der Waals surface area contributed by atoms with Crippen molar-refractivity contribution in [2.75, 3.05) is 33.2 Å². The highest BCUT2D eigenvalue weighted by atomic mass is 15.1. The first-order valence-corrected chi connectivity index (χ1v) is 5.50. The van der Waals surface area contributed by atoms with Gasteiger partial charge in [0, 0.05) is 44.0 Å². The Hall–Kier alpha value is -0.930. The first-order valence-electron chi connectivity index (χ1n) is 5.50. The molecule has 1 aromatic heterocycles. The standard InChI is InChI=1S/C12H19N3/c1-12(11-4-3-5-13-8-11)9-14-6-7-15(2)10-12/h3-5,8,14H,6-7,9-10H2,1-2H3.